The first-order valence-electron chi connectivity index (χ1n) is 4.84. The van der Waals surface area contributed by atoms with Gasteiger partial charge in [0.2, 0.25) is 0 Å². The Kier molecular flexibility index (Phi) is 5.42. The van der Waals surface area contributed by atoms with Crippen LogP contribution in [0, 0.1) is 0 Å². The summed E-state index contributed by atoms with van der Waals surface area (Å²) in [6, 6.07) is 0. The van der Waals surface area contributed by atoms with Crippen molar-refractivity contribution in [1.29, 1.82) is 0 Å². The summed E-state index contributed by atoms with van der Waals surface area (Å²) in [5.41, 5.74) is 1.62. The van der Waals surface area contributed by atoms with Gasteiger partial charge in [0.1, 0.15) is 0 Å². The first-order valence-corrected chi connectivity index (χ1v) is 5.96. The molecule has 0 heterocycles. The highest BCUT2D eigenvalue weighted by molar-refractivity contribution is 9.09. The van der Waals surface area contributed by atoms with Crippen LogP contribution >= 0.6 is 15.9 Å². The first kappa shape index (κ1) is 10.0. The molecule has 1 rings (SSSR count). The van der Waals surface area contributed by atoms with Crippen LogP contribution in [0.1, 0.15) is 38.5 Å². The molecule has 68 valence electrons. The van der Waals surface area contributed by atoms with Gasteiger partial charge in [0.25, 0.3) is 0 Å². The van der Waals surface area contributed by atoms with Crippen molar-refractivity contribution in [2.24, 2.45) is 0 Å². The monoisotopic (exact) mass is 228 g/mol. The van der Waals surface area contributed by atoms with Gasteiger partial charge in [-0.1, -0.05) is 52.6 Å². The fourth-order valence-electron chi connectivity index (χ4n) is 1.48. The van der Waals surface area contributed by atoms with Gasteiger partial charge >= 0.3 is 0 Å². The number of hydrogen-bond donors (Lipinski definition) is 0. The number of allylic oxidation sites excluding steroid dienone is 4. The summed E-state index contributed by atoms with van der Waals surface area (Å²) in [6.45, 7) is 0. The lowest BCUT2D eigenvalue weighted by Gasteiger charge is -2.00. The zero-order valence-corrected chi connectivity index (χ0v) is 9.15. The second-order valence-electron chi connectivity index (χ2n) is 3.31. The molecule has 0 unspecified atom stereocenters. The summed E-state index contributed by atoms with van der Waals surface area (Å²) in [5.74, 6) is 0. The fourth-order valence-corrected chi connectivity index (χ4v) is 1.87. The van der Waals surface area contributed by atoms with Crippen LogP contribution in [0.25, 0.3) is 0 Å². The Bertz CT molecular complexity index is 168. The number of rotatable bonds is 6. The van der Waals surface area contributed by atoms with E-state index in [0.29, 0.717) is 0 Å². The molecule has 0 spiro atoms. The van der Waals surface area contributed by atoms with Crippen molar-refractivity contribution in [3.8, 4) is 0 Å². The predicted octanol–water partition coefficient (Wildman–Crippen LogP) is 4.22. The van der Waals surface area contributed by atoms with Gasteiger partial charge in [0.05, 0.1) is 0 Å². The number of alkyl halides is 1. The lowest BCUT2D eigenvalue weighted by Crippen LogP contribution is -1.82. The SMILES string of the molecule is BrCCCCCCC1=CC=CC1. The molecule has 0 radical (unpaired) electrons. The van der Waals surface area contributed by atoms with Crippen LogP contribution in [0.15, 0.2) is 23.8 Å². The van der Waals surface area contributed by atoms with Crippen LogP contribution in [0.2, 0.25) is 0 Å². The van der Waals surface area contributed by atoms with E-state index in [4.69, 9.17) is 0 Å². The molecule has 0 saturated heterocycles. The molecule has 0 aromatic carbocycles. The molecular weight excluding hydrogens is 212 g/mol. The minimum atomic E-state index is 1.16. The predicted molar refractivity (Wildman–Crippen MR) is 58.7 cm³/mol. The Morgan fingerprint density at radius 1 is 1.17 bits per heavy atom. The standard InChI is InChI=1S/C11H17Br/c12-10-6-2-1-3-7-11-8-4-5-9-11/h4-5,8H,1-3,6-7,9-10H2. The Balaban J connectivity index is 1.89. The molecule has 0 bridgehead atoms. The van der Waals surface area contributed by atoms with Crippen molar-refractivity contribution in [2.75, 3.05) is 5.33 Å². The molecule has 12 heavy (non-hydrogen) atoms. The molecule has 0 aromatic rings. The topological polar surface area (TPSA) is 0 Å². The molecule has 1 aliphatic carbocycles. The van der Waals surface area contributed by atoms with Crippen molar-refractivity contribution in [2.45, 2.75) is 38.5 Å². The first-order chi connectivity index (χ1) is 5.93. The highest BCUT2D eigenvalue weighted by Gasteiger charge is 1.98. The lowest BCUT2D eigenvalue weighted by atomic mass is 10.1. The van der Waals surface area contributed by atoms with Crippen LogP contribution in [0.4, 0.5) is 0 Å². The van der Waals surface area contributed by atoms with Crippen LogP contribution in [0.5, 0.6) is 0 Å². The quantitative estimate of drug-likeness (QED) is 0.472. The van der Waals surface area contributed by atoms with Crippen molar-refractivity contribution >= 4 is 15.9 Å². The fraction of sp³-hybridized carbons (Fsp3) is 0.636. The molecule has 0 atom stereocenters. The van der Waals surface area contributed by atoms with Gasteiger partial charge in [0, 0.05) is 5.33 Å². The third-order valence-corrected chi connectivity index (χ3v) is 2.79. The average Bonchev–Trinajstić information content (AvgIpc) is 2.57. The number of hydrogen-bond acceptors (Lipinski definition) is 0. The molecule has 0 fully saturated rings. The Morgan fingerprint density at radius 3 is 2.67 bits per heavy atom. The Hall–Kier alpha value is -0.0400. The molecule has 0 aliphatic heterocycles. The van der Waals surface area contributed by atoms with Crippen molar-refractivity contribution < 1.29 is 0 Å². The second-order valence-corrected chi connectivity index (χ2v) is 4.10. The summed E-state index contributed by atoms with van der Waals surface area (Å²) in [4.78, 5) is 0. The maximum Gasteiger partial charge on any atom is 0.00313 e. The maximum absolute atomic E-state index is 3.45. The van der Waals surface area contributed by atoms with Crippen LogP contribution in [0.3, 0.4) is 0 Å². The molecule has 1 aliphatic rings. The Morgan fingerprint density at radius 2 is 2.00 bits per heavy atom. The third kappa shape index (κ3) is 4.10. The van der Waals surface area contributed by atoms with E-state index in [2.05, 4.69) is 34.2 Å². The zero-order chi connectivity index (χ0) is 8.65. The highest BCUT2D eigenvalue weighted by atomic mass is 79.9. The highest BCUT2D eigenvalue weighted by Crippen LogP contribution is 2.17. The summed E-state index contributed by atoms with van der Waals surface area (Å²) in [5, 5.41) is 1.16. The van der Waals surface area contributed by atoms with E-state index in [0.717, 1.165) is 5.33 Å². The van der Waals surface area contributed by atoms with E-state index in [1.807, 2.05) is 0 Å². The Labute approximate surface area is 83.9 Å². The zero-order valence-electron chi connectivity index (χ0n) is 7.56. The van der Waals surface area contributed by atoms with Crippen molar-refractivity contribution in [3.63, 3.8) is 0 Å². The van der Waals surface area contributed by atoms with E-state index in [-0.39, 0.29) is 0 Å². The van der Waals surface area contributed by atoms with Gasteiger partial charge in [-0.05, 0) is 25.7 Å². The van der Waals surface area contributed by atoms with Gasteiger partial charge < -0.3 is 0 Å². The largest absolute Gasteiger partial charge is 0.0928 e. The maximum atomic E-state index is 3.45. The second kappa shape index (κ2) is 6.47. The molecule has 0 aromatic heterocycles. The van der Waals surface area contributed by atoms with Crippen LogP contribution in [-0.4, -0.2) is 5.33 Å². The molecule has 0 N–H and O–H groups in total. The summed E-state index contributed by atoms with van der Waals surface area (Å²) in [7, 11) is 0. The van der Waals surface area contributed by atoms with E-state index >= 15 is 0 Å². The molecule has 0 amide bonds. The van der Waals surface area contributed by atoms with E-state index < -0.39 is 0 Å². The number of unbranched alkanes of at least 4 members (excludes halogenated alkanes) is 3. The molecule has 0 saturated carbocycles. The normalized spacial score (nSPS) is 15.2. The smallest absolute Gasteiger partial charge is 0.00313 e. The van der Waals surface area contributed by atoms with Crippen LogP contribution in [-0.2, 0) is 0 Å². The lowest BCUT2D eigenvalue weighted by molar-refractivity contribution is 0.666. The van der Waals surface area contributed by atoms with E-state index in [1.54, 1.807) is 5.57 Å². The van der Waals surface area contributed by atoms with E-state index in [9.17, 15) is 0 Å². The summed E-state index contributed by atoms with van der Waals surface area (Å²) in [6.07, 6.45) is 14.7. The van der Waals surface area contributed by atoms with Gasteiger partial charge in [-0.3, -0.25) is 0 Å². The van der Waals surface area contributed by atoms with Crippen molar-refractivity contribution in [1.82, 2.24) is 0 Å². The van der Waals surface area contributed by atoms with Gasteiger partial charge in [0.15, 0.2) is 0 Å². The van der Waals surface area contributed by atoms with Crippen LogP contribution < -0.4 is 0 Å². The van der Waals surface area contributed by atoms with Gasteiger partial charge in [-0.2, -0.15) is 0 Å². The number of halogens is 1. The van der Waals surface area contributed by atoms with Crippen molar-refractivity contribution in [3.05, 3.63) is 23.8 Å². The molecule has 0 nitrogen and oxygen atoms in total. The van der Waals surface area contributed by atoms with Gasteiger partial charge in [-0.15, -0.1) is 0 Å². The minimum absolute atomic E-state index is 1.16. The summed E-state index contributed by atoms with van der Waals surface area (Å²) < 4.78 is 0. The minimum Gasteiger partial charge on any atom is -0.0928 e. The molecular formula is C11H17Br. The third-order valence-electron chi connectivity index (χ3n) is 2.23. The van der Waals surface area contributed by atoms with Gasteiger partial charge in [-0.25, -0.2) is 0 Å². The van der Waals surface area contributed by atoms with E-state index in [1.165, 1.54) is 38.5 Å². The average molecular weight is 229 g/mol. The molecule has 1 heteroatoms. The summed E-state index contributed by atoms with van der Waals surface area (Å²) >= 11 is 3.45.